The number of hydrogen-bond acceptors (Lipinski definition) is 3. The average Bonchev–Trinajstić information content (AvgIpc) is 2.67. The molecule has 2 nitrogen and oxygen atoms in total. The number of benzene rings is 2. The first-order chi connectivity index (χ1) is 10.2. The van der Waals surface area contributed by atoms with Crippen LogP contribution in [0.25, 0.3) is 0 Å². The van der Waals surface area contributed by atoms with Crippen molar-refractivity contribution in [3.05, 3.63) is 64.4 Å². The van der Waals surface area contributed by atoms with Gasteiger partial charge >= 0.3 is 0 Å². The molecule has 3 rings (SSSR count). The van der Waals surface area contributed by atoms with Gasteiger partial charge in [-0.1, -0.05) is 23.7 Å². The molecule has 1 aliphatic heterocycles. The summed E-state index contributed by atoms with van der Waals surface area (Å²) in [7, 11) is 0. The number of nitrogens with zero attached hydrogens (tertiary/aromatic N) is 2. The van der Waals surface area contributed by atoms with Crippen molar-refractivity contribution in [2.45, 2.75) is 0 Å². The zero-order chi connectivity index (χ0) is 14.8. The zero-order valence-corrected chi connectivity index (χ0v) is 12.9. The van der Waals surface area contributed by atoms with E-state index in [0.29, 0.717) is 22.8 Å². The molecular formula is C16H12ClFN2S. The predicted octanol–water partition coefficient (Wildman–Crippen LogP) is 4.72. The van der Waals surface area contributed by atoms with E-state index in [1.165, 1.54) is 6.07 Å². The van der Waals surface area contributed by atoms with E-state index in [1.54, 1.807) is 42.1 Å². The van der Waals surface area contributed by atoms with E-state index in [9.17, 15) is 4.39 Å². The molecule has 2 aromatic rings. The van der Waals surface area contributed by atoms with Crippen molar-refractivity contribution in [2.75, 3.05) is 12.8 Å². The summed E-state index contributed by atoms with van der Waals surface area (Å²) in [5, 5.41) is 1.48. The molecule has 0 amide bonds. The Morgan fingerprint density at radius 3 is 2.71 bits per heavy atom. The lowest BCUT2D eigenvalue weighted by Gasteiger charge is -2.09. The first-order valence-electron chi connectivity index (χ1n) is 6.40. The fraction of sp³-hybridized carbons (Fsp3) is 0.125. The largest absolute Gasteiger partial charge is 0.277 e. The van der Waals surface area contributed by atoms with E-state index in [2.05, 4.69) is 9.98 Å². The van der Waals surface area contributed by atoms with E-state index in [0.717, 1.165) is 16.3 Å². The summed E-state index contributed by atoms with van der Waals surface area (Å²) in [6, 6.07) is 12.0. The number of aliphatic imine (C=N–C) groups is 2. The molecular weight excluding hydrogens is 307 g/mol. The van der Waals surface area contributed by atoms with Crippen molar-refractivity contribution < 1.29 is 4.39 Å². The second-order valence-electron chi connectivity index (χ2n) is 4.52. The second-order valence-corrected chi connectivity index (χ2v) is 5.83. The van der Waals surface area contributed by atoms with Crippen molar-refractivity contribution in [1.82, 2.24) is 0 Å². The van der Waals surface area contributed by atoms with Crippen LogP contribution in [-0.2, 0) is 0 Å². The molecule has 1 aliphatic rings. The molecule has 0 atom stereocenters. The van der Waals surface area contributed by atoms with Gasteiger partial charge in [0.25, 0.3) is 0 Å². The van der Waals surface area contributed by atoms with Crippen LogP contribution in [0.2, 0.25) is 5.02 Å². The highest BCUT2D eigenvalue weighted by atomic mass is 35.5. The first-order valence-corrected chi connectivity index (χ1v) is 8.00. The van der Waals surface area contributed by atoms with Gasteiger partial charge in [0.1, 0.15) is 5.82 Å². The molecule has 0 aromatic heterocycles. The van der Waals surface area contributed by atoms with Crippen LogP contribution < -0.4 is 0 Å². The molecule has 2 aromatic carbocycles. The normalized spacial score (nSPS) is 14.0. The molecule has 0 fully saturated rings. The highest BCUT2D eigenvalue weighted by Crippen LogP contribution is 2.30. The van der Waals surface area contributed by atoms with Gasteiger partial charge in [0.15, 0.2) is 0 Å². The number of fused-ring (bicyclic) bond motifs is 1. The lowest BCUT2D eigenvalue weighted by atomic mass is 10.0. The second kappa shape index (κ2) is 6.00. The molecule has 106 valence electrons. The van der Waals surface area contributed by atoms with E-state index in [4.69, 9.17) is 11.6 Å². The molecule has 0 saturated heterocycles. The lowest BCUT2D eigenvalue weighted by Crippen LogP contribution is -2.07. The van der Waals surface area contributed by atoms with E-state index in [-0.39, 0.29) is 5.82 Å². The fourth-order valence-corrected chi connectivity index (χ4v) is 2.75. The number of hydrogen-bond donors (Lipinski definition) is 0. The average molecular weight is 319 g/mol. The molecule has 1 heterocycles. The molecule has 0 bridgehead atoms. The smallest absolute Gasteiger partial charge is 0.132 e. The van der Waals surface area contributed by atoms with Crippen molar-refractivity contribution >= 4 is 39.8 Å². The quantitative estimate of drug-likeness (QED) is 0.746. The van der Waals surface area contributed by atoms with Crippen LogP contribution in [0.1, 0.15) is 11.1 Å². The Labute approximate surface area is 131 Å². The minimum absolute atomic E-state index is 0.297. The monoisotopic (exact) mass is 318 g/mol. The molecule has 0 unspecified atom stereocenters. The van der Waals surface area contributed by atoms with Gasteiger partial charge < -0.3 is 0 Å². The summed E-state index contributed by atoms with van der Waals surface area (Å²) < 4.78 is 14.1. The summed E-state index contributed by atoms with van der Waals surface area (Å²) in [5.74, 6) is -0.297. The minimum atomic E-state index is -0.297. The first kappa shape index (κ1) is 14.3. The lowest BCUT2D eigenvalue weighted by molar-refractivity contribution is 0.625. The fourth-order valence-electron chi connectivity index (χ4n) is 2.19. The summed E-state index contributed by atoms with van der Waals surface area (Å²) in [6.07, 6.45) is 1.96. The van der Waals surface area contributed by atoms with Crippen LogP contribution in [0, 0.1) is 5.82 Å². The van der Waals surface area contributed by atoms with Gasteiger partial charge in [-0.3, -0.25) is 4.99 Å². The Bertz CT molecular complexity index is 756. The van der Waals surface area contributed by atoms with Crippen LogP contribution in [0.4, 0.5) is 10.1 Å². The van der Waals surface area contributed by atoms with Gasteiger partial charge in [0.05, 0.1) is 23.0 Å². The summed E-state index contributed by atoms with van der Waals surface area (Å²) in [4.78, 5) is 9.14. The van der Waals surface area contributed by atoms with Crippen LogP contribution in [0.5, 0.6) is 0 Å². The van der Waals surface area contributed by atoms with E-state index >= 15 is 0 Å². The standard InChI is InChI=1S/C16H12ClFN2S/c1-21-15-9-19-16(11-4-2-3-5-13(11)18)12-8-10(17)6-7-14(12)20-15/h2-8H,9H2,1H3. The minimum Gasteiger partial charge on any atom is -0.277 e. The van der Waals surface area contributed by atoms with Crippen molar-refractivity contribution in [3.63, 3.8) is 0 Å². The Kier molecular flexibility index (Phi) is 4.08. The maximum absolute atomic E-state index is 14.1. The van der Waals surface area contributed by atoms with Crippen LogP contribution in [0.15, 0.2) is 52.4 Å². The van der Waals surface area contributed by atoms with Gasteiger partial charge in [-0.25, -0.2) is 9.38 Å². The molecule has 0 spiro atoms. The van der Waals surface area contributed by atoms with Crippen LogP contribution in [0.3, 0.4) is 0 Å². The topological polar surface area (TPSA) is 24.7 Å². The van der Waals surface area contributed by atoms with E-state index in [1.807, 2.05) is 12.3 Å². The van der Waals surface area contributed by atoms with Gasteiger partial charge in [0, 0.05) is 16.1 Å². The molecule has 5 heteroatoms. The summed E-state index contributed by atoms with van der Waals surface area (Å²) >= 11 is 7.63. The van der Waals surface area contributed by atoms with Crippen molar-refractivity contribution in [1.29, 1.82) is 0 Å². The highest BCUT2D eigenvalue weighted by Gasteiger charge is 2.18. The number of thioether (sulfide) groups is 1. The Hall–Kier alpha value is -1.65. The predicted molar refractivity (Wildman–Crippen MR) is 89.0 cm³/mol. The van der Waals surface area contributed by atoms with Crippen LogP contribution >= 0.6 is 23.4 Å². The van der Waals surface area contributed by atoms with E-state index < -0.39 is 0 Å². The van der Waals surface area contributed by atoms with Crippen molar-refractivity contribution in [2.24, 2.45) is 9.98 Å². The SMILES string of the molecule is CSC1=Nc2ccc(Cl)cc2C(c2ccccc2F)=NC1. The summed E-state index contributed by atoms with van der Waals surface area (Å²) in [6.45, 7) is 0.442. The Morgan fingerprint density at radius 1 is 1.14 bits per heavy atom. The highest BCUT2D eigenvalue weighted by molar-refractivity contribution is 8.13. The molecule has 0 N–H and O–H groups in total. The molecule has 0 radical (unpaired) electrons. The Morgan fingerprint density at radius 2 is 1.95 bits per heavy atom. The van der Waals surface area contributed by atoms with Gasteiger partial charge in [-0.05, 0) is 36.6 Å². The maximum Gasteiger partial charge on any atom is 0.132 e. The third-order valence-electron chi connectivity index (χ3n) is 3.20. The third-order valence-corrected chi connectivity index (χ3v) is 4.12. The van der Waals surface area contributed by atoms with Gasteiger partial charge in [0.2, 0.25) is 0 Å². The number of halogens is 2. The van der Waals surface area contributed by atoms with Gasteiger partial charge in [-0.2, -0.15) is 0 Å². The maximum atomic E-state index is 14.1. The Balaban J connectivity index is 2.22. The molecule has 0 saturated carbocycles. The molecule has 0 aliphatic carbocycles. The zero-order valence-electron chi connectivity index (χ0n) is 11.3. The molecule has 21 heavy (non-hydrogen) atoms. The summed E-state index contributed by atoms with van der Waals surface area (Å²) in [5.41, 5.74) is 2.59. The van der Waals surface area contributed by atoms with Crippen LogP contribution in [-0.4, -0.2) is 23.6 Å². The van der Waals surface area contributed by atoms with Crippen molar-refractivity contribution in [3.8, 4) is 0 Å². The number of rotatable bonds is 1. The van der Waals surface area contributed by atoms with Gasteiger partial charge in [-0.15, -0.1) is 11.8 Å². The third kappa shape index (κ3) is 2.87.